The zero-order chi connectivity index (χ0) is 0. The summed E-state index contributed by atoms with van der Waals surface area (Å²) in [6.07, 6.45) is 0. The van der Waals surface area contributed by atoms with Crippen molar-refractivity contribution >= 4 is 0 Å². The van der Waals surface area contributed by atoms with Crippen molar-refractivity contribution in [2.45, 2.75) is 0 Å². The Morgan fingerprint density at radius 2 is 0.286 bits per heavy atom. The van der Waals surface area contributed by atoms with Crippen molar-refractivity contribution < 1.29 is 17.1 Å². The Morgan fingerprint density at radius 3 is 0.286 bits per heavy atom. The smallest absolute Gasteiger partial charge is 0 e. The van der Waals surface area contributed by atoms with Crippen LogP contribution in [0.25, 0.3) is 0 Å². The quantitative estimate of drug-likeness (QED) is 0.288. The molecule has 0 saturated carbocycles. The molecule has 0 fully saturated rings. The van der Waals surface area contributed by atoms with Gasteiger partial charge in [-0.25, -0.2) is 0 Å². The summed E-state index contributed by atoms with van der Waals surface area (Å²) in [4.78, 5) is 0. The molecule has 18 N–H and O–H groups in total. The summed E-state index contributed by atoms with van der Waals surface area (Å²) < 4.78 is 0. The summed E-state index contributed by atoms with van der Waals surface area (Å²) in [5, 5.41) is 0. The van der Waals surface area contributed by atoms with Crippen LogP contribution in [0.1, 0.15) is 0 Å². The number of hydrogen-bond donors (Lipinski definition) is 6. The fourth-order valence-corrected chi connectivity index (χ4v) is 0. The maximum Gasteiger partial charge on any atom is 0 e. The molecule has 0 heterocycles. The Kier molecular flexibility index (Phi) is 1180000. The molecule has 0 spiro atoms. The number of rotatable bonds is 0. The van der Waals surface area contributed by atoms with E-state index in [0.717, 1.165) is 0 Å². The van der Waals surface area contributed by atoms with Gasteiger partial charge in [0.25, 0.3) is 0 Å². The number of hydrogen-bond acceptors (Lipinski definition) is 6. The van der Waals surface area contributed by atoms with Crippen molar-refractivity contribution in [2.24, 2.45) is 0 Å². The molecule has 0 aromatic heterocycles. The molecule has 7 heavy (non-hydrogen) atoms. The van der Waals surface area contributed by atoms with E-state index in [0.29, 0.717) is 0 Å². The molecule has 0 rings (SSSR count). The van der Waals surface area contributed by atoms with Crippen LogP contribution < -0.4 is 36.9 Å². The van der Waals surface area contributed by atoms with Crippen LogP contribution in [-0.2, 0) is 17.1 Å². The summed E-state index contributed by atoms with van der Waals surface area (Å²) >= 11 is 0. The predicted octanol–water partition coefficient (Wildman–Crippen LogP) is 0.969. The summed E-state index contributed by atoms with van der Waals surface area (Å²) in [6, 6.07) is 0. The first-order chi connectivity index (χ1) is 0. The van der Waals surface area contributed by atoms with E-state index in [4.69, 9.17) is 0 Å². The Hall–Kier alpha value is 0.279. The van der Waals surface area contributed by atoms with Crippen molar-refractivity contribution in [3.8, 4) is 0 Å². The molecule has 59 valence electrons. The molecule has 0 amide bonds. The second kappa shape index (κ2) is 2240. The van der Waals surface area contributed by atoms with Gasteiger partial charge in [-0.05, 0) is 0 Å². The Balaban J connectivity index is 0. The first-order valence-electron chi connectivity index (χ1n) is 0. The first kappa shape index (κ1) is 3670. The fraction of sp³-hybridized carbons (Fsp3) is 0. The SMILES string of the molecule is N.N.N.N.N.N.[Cu]. The monoisotopic (exact) mass is 165 g/mol. The summed E-state index contributed by atoms with van der Waals surface area (Å²) in [5.41, 5.74) is 0. The van der Waals surface area contributed by atoms with Gasteiger partial charge in [0.05, 0.1) is 0 Å². The van der Waals surface area contributed by atoms with Crippen molar-refractivity contribution in [1.82, 2.24) is 36.9 Å². The van der Waals surface area contributed by atoms with Crippen LogP contribution >= 0.6 is 0 Å². The van der Waals surface area contributed by atoms with E-state index in [2.05, 4.69) is 0 Å². The van der Waals surface area contributed by atoms with Gasteiger partial charge in [-0.15, -0.1) is 0 Å². The molecule has 0 bridgehead atoms. The van der Waals surface area contributed by atoms with Crippen LogP contribution in [0.2, 0.25) is 0 Å². The van der Waals surface area contributed by atoms with Crippen LogP contribution in [0.4, 0.5) is 0 Å². The van der Waals surface area contributed by atoms with Gasteiger partial charge in [0, 0.05) is 17.1 Å². The fourth-order valence-electron chi connectivity index (χ4n) is 0. The van der Waals surface area contributed by atoms with E-state index in [9.17, 15) is 0 Å². The maximum absolute atomic E-state index is 0. The molecule has 0 aromatic carbocycles. The van der Waals surface area contributed by atoms with Crippen molar-refractivity contribution in [1.29, 1.82) is 0 Å². The molecule has 0 atom stereocenters. The minimum atomic E-state index is 0. The van der Waals surface area contributed by atoms with Gasteiger partial charge < -0.3 is 36.9 Å². The average molecular weight is 166 g/mol. The van der Waals surface area contributed by atoms with Gasteiger partial charge in [-0.2, -0.15) is 0 Å². The molecule has 0 saturated heterocycles. The molecule has 0 aromatic rings. The van der Waals surface area contributed by atoms with Gasteiger partial charge in [0.2, 0.25) is 0 Å². The third kappa shape index (κ3) is 1470. The van der Waals surface area contributed by atoms with Gasteiger partial charge in [-0.3, -0.25) is 0 Å². The minimum Gasteiger partial charge on any atom is -0.344 e. The van der Waals surface area contributed by atoms with Crippen LogP contribution in [0.15, 0.2) is 0 Å². The molecule has 6 nitrogen and oxygen atoms in total. The van der Waals surface area contributed by atoms with E-state index in [1.807, 2.05) is 0 Å². The topological polar surface area (TPSA) is 210 Å². The zero-order valence-electron chi connectivity index (χ0n) is 4.54. The van der Waals surface area contributed by atoms with Crippen molar-refractivity contribution in [2.75, 3.05) is 0 Å². The summed E-state index contributed by atoms with van der Waals surface area (Å²) in [5.74, 6) is 0. The molecule has 0 unspecified atom stereocenters. The van der Waals surface area contributed by atoms with Gasteiger partial charge in [0.15, 0.2) is 0 Å². The third-order valence-corrected chi connectivity index (χ3v) is 0. The summed E-state index contributed by atoms with van der Waals surface area (Å²) in [6.45, 7) is 0. The van der Waals surface area contributed by atoms with E-state index in [1.165, 1.54) is 0 Å². The Morgan fingerprint density at radius 1 is 0.286 bits per heavy atom. The van der Waals surface area contributed by atoms with E-state index >= 15 is 0 Å². The molecule has 0 aliphatic rings. The molecule has 7 heteroatoms. The van der Waals surface area contributed by atoms with E-state index in [1.54, 1.807) is 0 Å². The van der Waals surface area contributed by atoms with Crippen molar-refractivity contribution in [3.63, 3.8) is 0 Å². The van der Waals surface area contributed by atoms with Crippen LogP contribution in [0, 0.1) is 0 Å². The van der Waals surface area contributed by atoms with Gasteiger partial charge in [-0.1, -0.05) is 0 Å². The maximum atomic E-state index is 0. The zero-order valence-corrected chi connectivity index (χ0v) is 5.49. The van der Waals surface area contributed by atoms with Crippen LogP contribution in [0.5, 0.6) is 0 Å². The van der Waals surface area contributed by atoms with Gasteiger partial charge in [0.1, 0.15) is 0 Å². The Labute approximate surface area is 54.8 Å². The Bertz CT molecular complexity index is 4.14. The average Bonchev–Trinajstić information content (AvgIpc) is 0. The molecular weight excluding hydrogens is 148 g/mol. The van der Waals surface area contributed by atoms with Gasteiger partial charge >= 0.3 is 0 Å². The molecular formula is H18CuN6. The minimum absolute atomic E-state index is 0. The van der Waals surface area contributed by atoms with E-state index in [-0.39, 0.29) is 54.0 Å². The van der Waals surface area contributed by atoms with Crippen molar-refractivity contribution in [3.05, 3.63) is 0 Å². The molecule has 1 radical (unpaired) electrons. The molecule has 0 aliphatic carbocycles. The summed E-state index contributed by atoms with van der Waals surface area (Å²) in [7, 11) is 0. The standard InChI is InChI=1S/Cu.6H3N/h;6*1H3. The van der Waals surface area contributed by atoms with E-state index < -0.39 is 0 Å². The molecule has 0 aliphatic heterocycles. The predicted molar refractivity (Wildman–Crippen MR) is 30.1 cm³/mol. The third-order valence-electron chi connectivity index (χ3n) is 0. The first-order valence-corrected chi connectivity index (χ1v) is 0. The second-order valence-electron chi connectivity index (χ2n) is 0. The second-order valence-corrected chi connectivity index (χ2v) is 0. The normalized spacial score (nSPS) is 0. The van der Waals surface area contributed by atoms with Crippen LogP contribution in [-0.4, -0.2) is 0 Å². The largest absolute Gasteiger partial charge is 0.344 e. The van der Waals surface area contributed by atoms with Crippen LogP contribution in [0.3, 0.4) is 0 Å².